The lowest BCUT2D eigenvalue weighted by atomic mass is 10.3. The molecular weight excluding hydrogens is 291 g/mol. The van der Waals surface area contributed by atoms with Crippen molar-refractivity contribution in [2.75, 3.05) is 0 Å². The fourth-order valence-corrected chi connectivity index (χ4v) is 2.33. The lowest BCUT2D eigenvalue weighted by Gasteiger charge is -2.03. The van der Waals surface area contributed by atoms with Gasteiger partial charge in [0.15, 0.2) is 5.01 Å². The van der Waals surface area contributed by atoms with Gasteiger partial charge in [0.25, 0.3) is 5.91 Å². The van der Waals surface area contributed by atoms with Crippen molar-refractivity contribution in [3.05, 3.63) is 45.7 Å². The van der Waals surface area contributed by atoms with Crippen molar-refractivity contribution >= 4 is 17.2 Å². The third-order valence-electron chi connectivity index (χ3n) is 2.40. The van der Waals surface area contributed by atoms with E-state index in [4.69, 9.17) is 0 Å². The molecule has 2 heterocycles. The van der Waals surface area contributed by atoms with Crippen LogP contribution < -0.4 is 5.32 Å². The number of aromatic nitrogens is 2. The number of carbonyl (C=O) groups excluding carboxylic acids is 1. The van der Waals surface area contributed by atoms with Crippen LogP contribution in [0.5, 0.6) is 0 Å². The molecule has 0 unspecified atom stereocenters. The molecule has 0 aliphatic heterocycles. The van der Waals surface area contributed by atoms with E-state index in [1.807, 2.05) is 0 Å². The molecule has 0 bridgehead atoms. The summed E-state index contributed by atoms with van der Waals surface area (Å²) in [5.41, 5.74) is 0.694. The van der Waals surface area contributed by atoms with Gasteiger partial charge in [-0.2, -0.15) is 13.2 Å². The molecule has 2 rings (SSSR count). The average molecular weight is 301 g/mol. The first-order valence-electron chi connectivity index (χ1n) is 5.60. The van der Waals surface area contributed by atoms with Gasteiger partial charge in [-0.15, -0.1) is 11.3 Å². The Morgan fingerprint density at radius 3 is 2.70 bits per heavy atom. The van der Waals surface area contributed by atoms with Gasteiger partial charge in [0.05, 0.1) is 17.9 Å². The van der Waals surface area contributed by atoms with Gasteiger partial charge in [-0.1, -0.05) is 6.07 Å². The third-order valence-corrected chi connectivity index (χ3v) is 3.60. The molecule has 2 aromatic heterocycles. The minimum Gasteiger partial charge on any atom is -0.346 e. The normalized spacial score (nSPS) is 11.4. The number of alkyl halides is 3. The van der Waals surface area contributed by atoms with Crippen LogP contribution in [-0.2, 0) is 12.7 Å². The number of amides is 1. The van der Waals surface area contributed by atoms with E-state index in [1.54, 1.807) is 24.4 Å². The topological polar surface area (TPSA) is 54.9 Å². The van der Waals surface area contributed by atoms with Crippen LogP contribution in [0.3, 0.4) is 0 Å². The fourth-order valence-electron chi connectivity index (χ4n) is 1.48. The number of hydrogen-bond acceptors (Lipinski definition) is 4. The summed E-state index contributed by atoms with van der Waals surface area (Å²) in [6.45, 7) is 1.53. The zero-order valence-electron chi connectivity index (χ0n) is 10.4. The molecule has 0 saturated heterocycles. The van der Waals surface area contributed by atoms with E-state index < -0.39 is 17.1 Å². The Hall–Kier alpha value is -1.96. The molecule has 0 aliphatic rings. The maximum Gasteiger partial charge on any atom is 0.443 e. The van der Waals surface area contributed by atoms with Gasteiger partial charge < -0.3 is 5.32 Å². The van der Waals surface area contributed by atoms with Crippen molar-refractivity contribution in [3.63, 3.8) is 0 Å². The molecule has 0 saturated carbocycles. The number of nitrogens with one attached hydrogen (secondary N) is 1. The molecule has 0 aliphatic carbocycles. The highest BCUT2D eigenvalue weighted by Crippen LogP contribution is 2.33. The van der Waals surface area contributed by atoms with Crippen LogP contribution in [0.25, 0.3) is 0 Å². The summed E-state index contributed by atoms with van der Waals surface area (Å²) in [5.74, 6) is -0.582. The highest BCUT2D eigenvalue weighted by molar-refractivity contribution is 7.13. The molecule has 1 amide bonds. The average Bonchev–Trinajstić information content (AvgIpc) is 2.79. The monoisotopic (exact) mass is 301 g/mol. The maximum atomic E-state index is 12.5. The quantitative estimate of drug-likeness (QED) is 0.948. The van der Waals surface area contributed by atoms with Crippen LogP contribution in [0.4, 0.5) is 13.2 Å². The van der Waals surface area contributed by atoms with Gasteiger partial charge in [0, 0.05) is 6.20 Å². The molecule has 0 spiro atoms. The molecule has 2 aromatic rings. The van der Waals surface area contributed by atoms with Crippen LogP contribution in [0.2, 0.25) is 0 Å². The Balaban J connectivity index is 2.08. The first-order chi connectivity index (χ1) is 9.38. The SMILES string of the molecule is Cc1nc(C(F)(F)F)sc1C(=O)NCc1ccccn1. The van der Waals surface area contributed by atoms with E-state index >= 15 is 0 Å². The fraction of sp³-hybridized carbons (Fsp3) is 0.250. The van der Waals surface area contributed by atoms with Crippen LogP contribution in [0, 0.1) is 6.92 Å². The Labute approximate surface area is 116 Å². The molecule has 0 aromatic carbocycles. The Kier molecular flexibility index (Phi) is 4.03. The number of thiazole rings is 1. The number of aryl methyl sites for hydroxylation is 1. The highest BCUT2D eigenvalue weighted by Gasteiger charge is 2.36. The second-order valence-corrected chi connectivity index (χ2v) is 4.93. The van der Waals surface area contributed by atoms with E-state index in [0.29, 0.717) is 17.0 Å². The summed E-state index contributed by atoms with van der Waals surface area (Å²) < 4.78 is 37.5. The molecule has 0 fully saturated rings. The summed E-state index contributed by atoms with van der Waals surface area (Å²) in [4.78, 5) is 19.2. The zero-order chi connectivity index (χ0) is 14.8. The minimum atomic E-state index is -4.53. The molecular formula is C12H10F3N3OS. The second-order valence-electron chi connectivity index (χ2n) is 3.94. The van der Waals surface area contributed by atoms with Crippen molar-refractivity contribution in [1.82, 2.24) is 15.3 Å². The molecule has 8 heteroatoms. The van der Waals surface area contributed by atoms with Gasteiger partial charge in [0.2, 0.25) is 0 Å². The van der Waals surface area contributed by atoms with E-state index in [2.05, 4.69) is 15.3 Å². The van der Waals surface area contributed by atoms with E-state index in [1.165, 1.54) is 6.92 Å². The molecule has 1 N–H and O–H groups in total. The molecule has 106 valence electrons. The molecule has 4 nitrogen and oxygen atoms in total. The predicted molar refractivity (Wildman–Crippen MR) is 67.3 cm³/mol. The number of carbonyl (C=O) groups is 1. The van der Waals surface area contributed by atoms with Crippen LogP contribution in [0.15, 0.2) is 24.4 Å². The second kappa shape index (κ2) is 5.58. The number of nitrogens with zero attached hydrogens (tertiary/aromatic N) is 2. The van der Waals surface area contributed by atoms with Crippen molar-refractivity contribution in [3.8, 4) is 0 Å². The molecule has 0 radical (unpaired) electrons. The van der Waals surface area contributed by atoms with Gasteiger partial charge in [-0.05, 0) is 19.1 Å². The maximum absolute atomic E-state index is 12.5. The summed E-state index contributed by atoms with van der Waals surface area (Å²) in [6.07, 6.45) is -2.96. The summed E-state index contributed by atoms with van der Waals surface area (Å²) in [6, 6.07) is 5.20. The Morgan fingerprint density at radius 2 is 2.15 bits per heavy atom. The van der Waals surface area contributed by atoms with Crippen molar-refractivity contribution < 1.29 is 18.0 Å². The smallest absolute Gasteiger partial charge is 0.346 e. The largest absolute Gasteiger partial charge is 0.443 e. The standard InChI is InChI=1S/C12H10F3N3OS/c1-7-9(20-11(18-7)12(13,14)15)10(19)17-6-8-4-2-3-5-16-8/h2-5H,6H2,1H3,(H,17,19). The van der Waals surface area contributed by atoms with Gasteiger partial charge >= 0.3 is 6.18 Å². The first kappa shape index (κ1) is 14.4. The first-order valence-corrected chi connectivity index (χ1v) is 6.42. The zero-order valence-corrected chi connectivity index (χ0v) is 11.2. The van der Waals surface area contributed by atoms with Crippen LogP contribution in [0.1, 0.15) is 26.1 Å². The highest BCUT2D eigenvalue weighted by atomic mass is 32.1. The van der Waals surface area contributed by atoms with Gasteiger partial charge in [-0.25, -0.2) is 4.98 Å². The van der Waals surface area contributed by atoms with Crippen molar-refractivity contribution in [1.29, 1.82) is 0 Å². The van der Waals surface area contributed by atoms with Crippen molar-refractivity contribution in [2.24, 2.45) is 0 Å². The Morgan fingerprint density at radius 1 is 1.40 bits per heavy atom. The van der Waals surface area contributed by atoms with Gasteiger partial charge in [-0.3, -0.25) is 9.78 Å². The lowest BCUT2D eigenvalue weighted by molar-refractivity contribution is -0.137. The van der Waals surface area contributed by atoms with E-state index in [9.17, 15) is 18.0 Å². The lowest BCUT2D eigenvalue weighted by Crippen LogP contribution is -2.23. The summed E-state index contributed by atoms with van der Waals surface area (Å²) >= 11 is 0.341. The number of pyridine rings is 1. The Bertz CT molecular complexity index is 610. The number of hydrogen-bond donors (Lipinski definition) is 1. The summed E-state index contributed by atoms with van der Waals surface area (Å²) in [5, 5.41) is 1.51. The predicted octanol–water partition coefficient (Wildman–Crippen LogP) is 2.80. The van der Waals surface area contributed by atoms with E-state index in [0.717, 1.165) is 0 Å². The molecule has 0 atom stereocenters. The van der Waals surface area contributed by atoms with Crippen LogP contribution >= 0.6 is 11.3 Å². The third kappa shape index (κ3) is 3.32. The van der Waals surface area contributed by atoms with Crippen LogP contribution in [-0.4, -0.2) is 15.9 Å². The van der Waals surface area contributed by atoms with Gasteiger partial charge in [0.1, 0.15) is 4.88 Å². The van der Waals surface area contributed by atoms with Crippen molar-refractivity contribution in [2.45, 2.75) is 19.6 Å². The number of rotatable bonds is 3. The minimum absolute atomic E-state index is 0.0340. The molecule has 20 heavy (non-hydrogen) atoms. The summed E-state index contributed by atoms with van der Waals surface area (Å²) in [7, 11) is 0. The van der Waals surface area contributed by atoms with E-state index in [-0.39, 0.29) is 17.1 Å². The number of halogens is 3.